The van der Waals surface area contributed by atoms with E-state index in [1.54, 1.807) is 30.0 Å². The van der Waals surface area contributed by atoms with E-state index in [-0.39, 0.29) is 41.5 Å². The molecule has 0 bridgehead atoms. The smallest absolute Gasteiger partial charge is 0.332 e. The van der Waals surface area contributed by atoms with Crippen LogP contribution in [-0.2, 0) is 29.2 Å². The van der Waals surface area contributed by atoms with Crippen molar-refractivity contribution in [1.82, 2.24) is 4.90 Å². The van der Waals surface area contributed by atoms with Gasteiger partial charge in [0.15, 0.2) is 0 Å². The first-order valence-electron chi connectivity index (χ1n) is 10.0. The number of esters is 1. The maximum Gasteiger partial charge on any atom is 0.332 e. The second-order valence-electron chi connectivity index (χ2n) is 6.85. The SMILES string of the molecule is CCOC(=O)COCC=CCN1C(=O)CCC[C@@H]1CO.Cc1ccc(S(=O)(=O)O)cc1.O. The number of aliphatic hydroxyl groups is 1. The van der Waals surface area contributed by atoms with Crippen LogP contribution in [0.15, 0.2) is 41.3 Å². The number of piperidine rings is 1. The Balaban J connectivity index is 0.000000679. The van der Waals surface area contributed by atoms with Crippen molar-refractivity contribution < 1.29 is 42.6 Å². The van der Waals surface area contributed by atoms with Gasteiger partial charge in [0, 0.05) is 13.0 Å². The number of amides is 1. The van der Waals surface area contributed by atoms with Crippen LogP contribution >= 0.6 is 0 Å². The molecule has 0 saturated carbocycles. The maximum absolute atomic E-state index is 11.7. The maximum atomic E-state index is 11.7. The van der Waals surface area contributed by atoms with E-state index >= 15 is 0 Å². The zero-order chi connectivity index (χ0) is 23.3. The van der Waals surface area contributed by atoms with Gasteiger partial charge in [-0.05, 0) is 38.8 Å². The number of hydrogen-bond donors (Lipinski definition) is 2. The summed E-state index contributed by atoms with van der Waals surface area (Å²) < 4.78 is 39.4. The van der Waals surface area contributed by atoms with Crippen LogP contribution in [0.2, 0.25) is 0 Å². The average molecular weight is 476 g/mol. The van der Waals surface area contributed by atoms with Gasteiger partial charge >= 0.3 is 5.97 Å². The third kappa shape index (κ3) is 11.3. The van der Waals surface area contributed by atoms with Crippen molar-refractivity contribution in [3.8, 4) is 0 Å². The number of rotatable bonds is 9. The van der Waals surface area contributed by atoms with Crippen LogP contribution in [0.5, 0.6) is 0 Å². The van der Waals surface area contributed by atoms with Gasteiger partial charge in [0.25, 0.3) is 10.1 Å². The Bertz CT molecular complexity index is 822. The molecule has 1 atom stereocenters. The summed E-state index contributed by atoms with van der Waals surface area (Å²) in [5.74, 6) is -0.306. The fourth-order valence-electron chi connectivity index (χ4n) is 2.81. The molecule has 32 heavy (non-hydrogen) atoms. The number of carbonyl (C=O) groups excluding carboxylic acids is 2. The normalized spacial score (nSPS) is 16.2. The zero-order valence-electron chi connectivity index (χ0n) is 18.4. The van der Waals surface area contributed by atoms with E-state index in [1.807, 2.05) is 13.0 Å². The zero-order valence-corrected chi connectivity index (χ0v) is 19.2. The van der Waals surface area contributed by atoms with Crippen molar-refractivity contribution in [1.29, 1.82) is 0 Å². The molecule has 1 heterocycles. The first-order valence-corrected chi connectivity index (χ1v) is 11.5. The first kappa shape index (κ1) is 29.7. The Hall–Kier alpha value is -2.31. The minimum atomic E-state index is -4.02. The number of aliphatic hydroxyl groups excluding tert-OH is 1. The van der Waals surface area contributed by atoms with Crippen molar-refractivity contribution in [3.05, 3.63) is 42.0 Å². The highest BCUT2D eigenvalue weighted by atomic mass is 32.2. The molecule has 1 aromatic carbocycles. The Labute approximate surface area is 188 Å². The molecule has 10 nitrogen and oxygen atoms in total. The molecule has 2 rings (SSSR count). The van der Waals surface area contributed by atoms with Crippen molar-refractivity contribution in [2.45, 2.75) is 44.0 Å². The molecule has 0 spiro atoms. The topological polar surface area (TPSA) is 162 Å². The molecule has 0 aromatic heterocycles. The molecule has 4 N–H and O–H groups in total. The number of likely N-dealkylation sites (tertiary alicyclic amines) is 1. The van der Waals surface area contributed by atoms with Crippen LogP contribution < -0.4 is 0 Å². The lowest BCUT2D eigenvalue weighted by molar-refractivity contribution is -0.148. The molecule has 1 fully saturated rings. The summed E-state index contributed by atoms with van der Waals surface area (Å²) in [5.41, 5.74) is 0.956. The molecular weight excluding hydrogens is 442 g/mol. The third-order valence-electron chi connectivity index (χ3n) is 4.43. The molecule has 0 unspecified atom stereocenters. The highest BCUT2D eigenvalue weighted by molar-refractivity contribution is 7.85. The number of aryl methyl sites for hydroxylation is 1. The van der Waals surface area contributed by atoms with Crippen LogP contribution in [0.25, 0.3) is 0 Å². The predicted molar refractivity (Wildman–Crippen MR) is 118 cm³/mol. The minimum Gasteiger partial charge on any atom is -0.464 e. The van der Waals surface area contributed by atoms with Gasteiger partial charge in [-0.1, -0.05) is 29.8 Å². The molecular formula is C21H33NO9S. The van der Waals surface area contributed by atoms with E-state index < -0.39 is 10.1 Å². The molecule has 0 radical (unpaired) electrons. The summed E-state index contributed by atoms with van der Waals surface area (Å²) in [4.78, 5) is 24.3. The number of benzene rings is 1. The first-order chi connectivity index (χ1) is 14.7. The second kappa shape index (κ2) is 15.5. The number of ether oxygens (including phenoxy) is 2. The van der Waals surface area contributed by atoms with Gasteiger partial charge in [-0.2, -0.15) is 8.42 Å². The predicted octanol–water partition coefficient (Wildman–Crippen LogP) is 0.913. The monoisotopic (exact) mass is 475 g/mol. The van der Waals surface area contributed by atoms with Gasteiger partial charge in [0.05, 0.1) is 30.8 Å². The molecule has 0 aliphatic carbocycles. The van der Waals surface area contributed by atoms with Crippen molar-refractivity contribution in [2.24, 2.45) is 0 Å². The lowest BCUT2D eigenvalue weighted by atomic mass is 10.0. The Kier molecular flexibility index (Phi) is 14.4. The van der Waals surface area contributed by atoms with E-state index in [4.69, 9.17) is 14.0 Å². The molecule has 1 saturated heterocycles. The van der Waals surface area contributed by atoms with Gasteiger partial charge in [-0.3, -0.25) is 9.35 Å². The van der Waals surface area contributed by atoms with E-state index in [9.17, 15) is 23.1 Å². The number of hydrogen-bond acceptors (Lipinski definition) is 7. The van der Waals surface area contributed by atoms with Crippen molar-refractivity contribution in [2.75, 3.05) is 33.0 Å². The van der Waals surface area contributed by atoms with E-state index in [2.05, 4.69) is 0 Å². The van der Waals surface area contributed by atoms with Gasteiger partial charge in [0.2, 0.25) is 5.91 Å². The Morgan fingerprint density at radius 3 is 2.47 bits per heavy atom. The molecule has 182 valence electrons. The summed E-state index contributed by atoms with van der Waals surface area (Å²) in [6.07, 6.45) is 5.80. The fourth-order valence-corrected chi connectivity index (χ4v) is 3.29. The summed E-state index contributed by atoms with van der Waals surface area (Å²) in [6.45, 7) is 4.62. The van der Waals surface area contributed by atoms with Crippen LogP contribution in [0.3, 0.4) is 0 Å². The lowest BCUT2D eigenvalue weighted by Crippen LogP contribution is -2.45. The van der Waals surface area contributed by atoms with Crippen LogP contribution in [0, 0.1) is 6.92 Å². The highest BCUT2D eigenvalue weighted by Crippen LogP contribution is 2.17. The van der Waals surface area contributed by atoms with Gasteiger partial charge in [0.1, 0.15) is 6.61 Å². The largest absolute Gasteiger partial charge is 0.464 e. The van der Waals surface area contributed by atoms with Crippen LogP contribution in [0.4, 0.5) is 0 Å². The minimum absolute atomic E-state index is 0. The van der Waals surface area contributed by atoms with Gasteiger partial charge in [-0.25, -0.2) is 4.79 Å². The quantitative estimate of drug-likeness (QED) is 0.230. The summed E-state index contributed by atoms with van der Waals surface area (Å²) >= 11 is 0. The van der Waals surface area contributed by atoms with Crippen molar-refractivity contribution >= 4 is 22.0 Å². The molecule has 1 aliphatic rings. The second-order valence-corrected chi connectivity index (χ2v) is 8.28. The molecule has 1 amide bonds. The fraction of sp³-hybridized carbons (Fsp3) is 0.524. The van der Waals surface area contributed by atoms with Crippen LogP contribution in [-0.4, -0.2) is 79.3 Å². The van der Waals surface area contributed by atoms with E-state index in [0.29, 0.717) is 26.2 Å². The standard InChI is InChI=1S/C14H23NO5.C7H8O3S.H2O/c1-2-20-14(18)11-19-9-4-3-8-15-12(10-16)6-5-7-13(15)17;1-6-2-4-7(5-3-6)11(8,9)10;/h3-4,12,16H,2,5-11H2,1H3;2-5H,1H3,(H,8,9,10);1H2/t12-;;/m1../s1. The molecule has 1 aromatic rings. The van der Waals surface area contributed by atoms with Gasteiger partial charge in [-0.15, -0.1) is 0 Å². The molecule has 11 heteroatoms. The van der Waals surface area contributed by atoms with Crippen molar-refractivity contribution in [3.63, 3.8) is 0 Å². The Morgan fingerprint density at radius 1 is 1.25 bits per heavy atom. The number of carbonyl (C=O) groups is 2. The summed E-state index contributed by atoms with van der Waals surface area (Å²) in [7, 11) is -4.02. The van der Waals surface area contributed by atoms with Gasteiger partial charge < -0.3 is 25.0 Å². The number of nitrogens with zero attached hydrogens (tertiary/aromatic N) is 1. The molecule has 1 aliphatic heterocycles. The summed E-state index contributed by atoms with van der Waals surface area (Å²) in [5, 5.41) is 9.24. The summed E-state index contributed by atoms with van der Waals surface area (Å²) in [6, 6.07) is 5.91. The van der Waals surface area contributed by atoms with E-state index in [0.717, 1.165) is 18.4 Å². The highest BCUT2D eigenvalue weighted by Gasteiger charge is 2.26. The van der Waals surface area contributed by atoms with Crippen LogP contribution in [0.1, 0.15) is 31.7 Å². The van der Waals surface area contributed by atoms with E-state index in [1.165, 1.54) is 12.1 Å². The lowest BCUT2D eigenvalue weighted by Gasteiger charge is -2.33. The average Bonchev–Trinajstić information content (AvgIpc) is 2.71. The third-order valence-corrected chi connectivity index (χ3v) is 5.29. The Morgan fingerprint density at radius 2 is 1.91 bits per heavy atom.